The van der Waals surface area contributed by atoms with E-state index in [9.17, 15) is 0 Å². The Hall–Kier alpha value is -2.50. The molecule has 0 amide bonds. The van der Waals surface area contributed by atoms with Crippen LogP contribution in [-0.4, -0.2) is 27.2 Å². The molecular weight excluding hydrogens is 256 g/mol. The minimum absolute atomic E-state index is 0.188. The van der Waals surface area contributed by atoms with E-state index >= 15 is 0 Å². The van der Waals surface area contributed by atoms with Gasteiger partial charge in [-0.15, -0.1) is 0 Å². The lowest BCUT2D eigenvalue weighted by Gasteiger charge is -2.07. The van der Waals surface area contributed by atoms with Crippen LogP contribution in [0.15, 0.2) is 41.8 Å². The lowest BCUT2D eigenvalue weighted by molar-refractivity contribution is 0.317. The van der Waals surface area contributed by atoms with Crippen LogP contribution in [0.3, 0.4) is 0 Å². The Bertz CT molecular complexity index is 575. The third kappa shape index (κ3) is 3.74. The molecule has 0 saturated heterocycles. The number of imidazole rings is 1. The zero-order valence-electron chi connectivity index (χ0n) is 11.4. The molecule has 106 valence electrons. The van der Waals surface area contributed by atoms with Gasteiger partial charge in [0.05, 0.1) is 6.61 Å². The molecule has 0 atom stereocenters. The lowest BCUT2D eigenvalue weighted by atomic mass is 10.1. The molecule has 2 aromatic rings. The first-order valence-corrected chi connectivity index (χ1v) is 6.33. The van der Waals surface area contributed by atoms with Crippen molar-refractivity contribution in [1.82, 2.24) is 9.55 Å². The number of aryl methyl sites for hydroxylation is 1. The van der Waals surface area contributed by atoms with Crippen LogP contribution in [0.2, 0.25) is 0 Å². The Morgan fingerprint density at radius 1 is 1.40 bits per heavy atom. The van der Waals surface area contributed by atoms with Crippen LogP contribution >= 0.6 is 0 Å². The standard InChI is InChI=1S/C14H18N4O2/c1-18-8-7-16-14(18)6-9-20-12-4-2-11(3-5-12)10-13(15)17-19/h2-5,7-8,19H,6,9-10H2,1H3,(H2,15,17). The van der Waals surface area contributed by atoms with Gasteiger partial charge in [0, 0.05) is 32.3 Å². The van der Waals surface area contributed by atoms with Crippen molar-refractivity contribution < 1.29 is 9.94 Å². The largest absolute Gasteiger partial charge is 0.493 e. The van der Waals surface area contributed by atoms with Crippen molar-refractivity contribution >= 4 is 5.84 Å². The lowest BCUT2D eigenvalue weighted by Crippen LogP contribution is -2.14. The number of benzene rings is 1. The van der Waals surface area contributed by atoms with Gasteiger partial charge in [0.25, 0.3) is 0 Å². The Kier molecular flexibility index (Phi) is 4.60. The van der Waals surface area contributed by atoms with E-state index in [0.29, 0.717) is 13.0 Å². The number of aromatic nitrogens is 2. The van der Waals surface area contributed by atoms with Gasteiger partial charge < -0.3 is 20.2 Å². The molecule has 0 spiro atoms. The van der Waals surface area contributed by atoms with Crippen LogP contribution in [0, 0.1) is 0 Å². The third-order valence-electron chi connectivity index (χ3n) is 2.95. The fourth-order valence-corrected chi connectivity index (χ4v) is 1.85. The molecule has 1 aromatic heterocycles. The van der Waals surface area contributed by atoms with Crippen molar-refractivity contribution in [3.63, 3.8) is 0 Å². The Morgan fingerprint density at radius 3 is 2.75 bits per heavy atom. The zero-order chi connectivity index (χ0) is 14.4. The number of amidine groups is 1. The zero-order valence-corrected chi connectivity index (χ0v) is 11.4. The van der Waals surface area contributed by atoms with Crippen LogP contribution in [-0.2, 0) is 19.9 Å². The summed E-state index contributed by atoms with van der Waals surface area (Å²) >= 11 is 0. The summed E-state index contributed by atoms with van der Waals surface area (Å²) < 4.78 is 7.63. The van der Waals surface area contributed by atoms with Gasteiger partial charge in [-0.05, 0) is 17.7 Å². The van der Waals surface area contributed by atoms with E-state index in [1.165, 1.54) is 0 Å². The first kappa shape index (κ1) is 13.9. The number of nitrogens with zero attached hydrogens (tertiary/aromatic N) is 3. The average Bonchev–Trinajstić information content (AvgIpc) is 2.86. The highest BCUT2D eigenvalue weighted by Crippen LogP contribution is 2.13. The molecule has 0 unspecified atom stereocenters. The average molecular weight is 274 g/mol. The summed E-state index contributed by atoms with van der Waals surface area (Å²) in [5, 5.41) is 11.5. The van der Waals surface area contributed by atoms with Crippen molar-refractivity contribution in [3.8, 4) is 5.75 Å². The highest BCUT2D eigenvalue weighted by Gasteiger charge is 2.01. The predicted octanol–water partition coefficient (Wildman–Crippen LogP) is 1.33. The monoisotopic (exact) mass is 274 g/mol. The summed E-state index contributed by atoms with van der Waals surface area (Å²) in [5.41, 5.74) is 6.42. The van der Waals surface area contributed by atoms with Crippen molar-refractivity contribution in [3.05, 3.63) is 48.0 Å². The Morgan fingerprint density at radius 2 is 2.15 bits per heavy atom. The number of nitrogens with two attached hydrogens (primary N) is 1. The minimum atomic E-state index is 0.188. The maximum absolute atomic E-state index is 8.51. The van der Waals surface area contributed by atoms with E-state index in [0.717, 1.165) is 23.6 Å². The minimum Gasteiger partial charge on any atom is -0.493 e. The second-order valence-corrected chi connectivity index (χ2v) is 4.46. The second kappa shape index (κ2) is 6.60. The summed E-state index contributed by atoms with van der Waals surface area (Å²) in [6.45, 7) is 0.574. The van der Waals surface area contributed by atoms with E-state index in [4.69, 9.17) is 15.7 Å². The maximum atomic E-state index is 8.51. The molecule has 1 heterocycles. The van der Waals surface area contributed by atoms with Crippen LogP contribution in [0.4, 0.5) is 0 Å². The summed E-state index contributed by atoms with van der Waals surface area (Å²) in [6.07, 6.45) is 4.87. The molecular formula is C14H18N4O2. The molecule has 2 rings (SSSR count). The van der Waals surface area contributed by atoms with Crippen molar-refractivity contribution in [1.29, 1.82) is 0 Å². The van der Waals surface area contributed by atoms with Crippen LogP contribution in [0.25, 0.3) is 0 Å². The quantitative estimate of drug-likeness (QED) is 0.360. The van der Waals surface area contributed by atoms with Crippen LogP contribution in [0.5, 0.6) is 5.75 Å². The van der Waals surface area contributed by atoms with Crippen molar-refractivity contribution in [2.45, 2.75) is 12.8 Å². The topological polar surface area (TPSA) is 85.7 Å². The molecule has 6 heteroatoms. The van der Waals surface area contributed by atoms with Crippen LogP contribution < -0.4 is 10.5 Å². The van der Waals surface area contributed by atoms with Crippen LogP contribution in [0.1, 0.15) is 11.4 Å². The molecule has 3 N–H and O–H groups in total. The normalized spacial score (nSPS) is 11.6. The number of oxime groups is 1. The van der Waals surface area contributed by atoms with Crippen molar-refractivity contribution in [2.24, 2.45) is 17.9 Å². The molecule has 20 heavy (non-hydrogen) atoms. The molecule has 0 aliphatic heterocycles. The maximum Gasteiger partial charge on any atom is 0.143 e. The Balaban J connectivity index is 1.83. The SMILES string of the molecule is Cn1ccnc1CCOc1ccc(C/C(N)=N/O)cc1. The third-order valence-corrected chi connectivity index (χ3v) is 2.95. The van der Waals surface area contributed by atoms with E-state index < -0.39 is 0 Å². The highest BCUT2D eigenvalue weighted by molar-refractivity contribution is 5.82. The number of ether oxygens (including phenoxy) is 1. The molecule has 0 bridgehead atoms. The first-order chi connectivity index (χ1) is 9.69. The molecule has 0 aliphatic carbocycles. The fourth-order valence-electron chi connectivity index (χ4n) is 1.85. The van der Waals surface area contributed by atoms with Gasteiger partial charge in [-0.3, -0.25) is 0 Å². The first-order valence-electron chi connectivity index (χ1n) is 6.33. The van der Waals surface area contributed by atoms with Gasteiger partial charge in [-0.1, -0.05) is 17.3 Å². The number of hydrogen-bond acceptors (Lipinski definition) is 4. The molecule has 6 nitrogen and oxygen atoms in total. The van der Waals surface area contributed by atoms with E-state index in [2.05, 4.69) is 10.1 Å². The van der Waals surface area contributed by atoms with Gasteiger partial charge in [-0.25, -0.2) is 4.98 Å². The molecule has 0 radical (unpaired) electrons. The van der Waals surface area contributed by atoms with E-state index in [-0.39, 0.29) is 5.84 Å². The summed E-state index contributed by atoms with van der Waals surface area (Å²) in [4.78, 5) is 4.24. The second-order valence-electron chi connectivity index (χ2n) is 4.46. The predicted molar refractivity (Wildman–Crippen MR) is 76.0 cm³/mol. The molecule has 0 saturated carbocycles. The molecule has 0 aliphatic rings. The van der Waals surface area contributed by atoms with Crippen molar-refractivity contribution in [2.75, 3.05) is 6.61 Å². The number of hydrogen-bond donors (Lipinski definition) is 2. The Labute approximate surface area is 117 Å². The van der Waals surface area contributed by atoms with Gasteiger partial charge in [0.15, 0.2) is 0 Å². The summed E-state index contributed by atoms with van der Waals surface area (Å²) in [6, 6.07) is 7.54. The summed E-state index contributed by atoms with van der Waals surface area (Å²) in [5.74, 6) is 1.98. The smallest absolute Gasteiger partial charge is 0.143 e. The number of rotatable bonds is 6. The van der Waals surface area contributed by atoms with E-state index in [1.54, 1.807) is 6.20 Å². The fraction of sp³-hybridized carbons (Fsp3) is 0.286. The van der Waals surface area contributed by atoms with Gasteiger partial charge in [0.1, 0.15) is 17.4 Å². The molecule has 0 fully saturated rings. The highest BCUT2D eigenvalue weighted by atomic mass is 16.5. The molecule has 1 aromatic carbocycles. The van der Waals surface area contributed by atoms with Gasteiger partial charge in [0.2, 0.25) is 0 Å². The van der Waals surface area contributed by atoms with E-state index in [1.807, 2.05) is 42.1 Å². The van der Waals surface area contributed by atoms with Gasteiger partial charge in [-0.2, -0.15) is 0 Å². The van der Waals surface area contributed by atoms with Gasteiger partial charge >= 0.3 is 0 Å². The summed E-state index contributed by atoms with van der Waals surface area (Å²) in [7, 11) is 1.96.